The summed E-state index contributed by atoms with van der Waals surface area (Å²) >= 11 is 3.37. The number of carbonyl (C=O) groups is 1. The van der Waals surface area contributed by atoms with E-state index in [9.17, 15) is 4.79 Å². The summed E-state index contributed by atoms with van der Waals surface area (Å²) in [5.74, 6) is -0.239. The highest BCUT2D eigenvalue weighted by molar-refractivity contribution is 9.10. The molecule has 3 aromatic rings. The van der Waals surface area contributed by atoms with Crippen LogP contribution in [0.2, 0.25) is 0 Å². The maximum Gasteiger partial charge on any atom is 0.307 e. The number of halogens is 1. The van der Waals surface area contributed by atoms with Crippen molar-refractivity contribution in [3.05, 3.63) is 69.9 Å². The second-order valence-electron chi connectivity index (χ2n) is 4.73. The van der Waals surface area contributed by atoms with E-state index < -0.39 is 5.91 Å². The van der Waals surface area contributed by atoms with Crippen molar-refractivity contribution in [1.82, 2.24) is 5.43 Å². The van der Waals surface area contributed by atoms with E-state index in [2.05, 4.69) is 26.5 Å². The van der Waals surface area contributed by atoms with Gasteiger partial charge in [-0.25, -0.2) is 5.43 Å². The van der Waals surface area contributed by atoms with Crippen molar-refractivity contribution in [2.24, 2.45) is 5.10 Å². The number of nitrogens with zero attached hydrogens (tertiary/aromatic N) is 2. The van der Waals surface area contributed by atoms with Crippen LogP contribution in [0.25, 0.3) is 11.0 Å². The number of furan rings is 1. The zero-order valence-electron chi connectivity index (χ0n) is 11.8. The van der Waals surface area contributed by atoms with E-state index in [0.717, 1.165) is 15.4 Å². The number of nitrogens with one attached hydrogen (secondary N) is 1. The zero-order valence-corrected chi connectivity index (χ0v) is 13.4. The van der Waals surface area contributed by atoms with Crippen LogP contribution in [0.4, 0.5) is 0 Å². The number of carbonyl (C=O) groups excluding carboxylic acids is 1. The van der Waals surface area contributed by atoms with Crippen molar-refractivity contribution in [3.8, 4) is 6.07 Å². The zero-order chi connectivity index (χ0) is 16.2. The summed E-state index contributed by atoms with van der Waals surface area (Å²) in [6.07, 6.45) is 1.50. The summed E-state index contributed by atoms with van der Waals surface area (Å²) in [4.78, 5) is 12.0. The van der Waals surface area contributed by atoms with Gasteiger partial charge in [-0.15, -0.1) is 0 Å². The van der Waals surface area contributed by atoms with E-state index in [4.69, 9.17) is 9.68 Å². The molecule has 0 aliphatic carbocycles. The van der Waals surface area contributed by atoms with E-state index >= 15 is 0 Å². The molecule has 0 saturated heterocycles. The first kappa shape index (κ1) is 15.0. The van der Waals surface area contributed by atoms with Gasteiger partial charge in [-0.05, 0) is 42.0 Å². The summed E-state index contributed by atoms with van der Waals surface area (Å²) < 4.78 is 6.39. The molecule has 0 radical (unpaired) electrons. The topological polar surface area (TPSA) is 78.4 Å². The lowest BCUT2D eigenvalue weighted by molar-refractivity contribution is 0.0929. The van der Waals surface area contributed by atoms with E-state index in [1.807, 2.05) is 18.2 Å². The Morgan fingerprint density at radius 3 is 2.74 bits per heavy atom. The summed E-state index contributed by atoms with van der Waals surface area (Å²) in [6.45, 7) is 0. The van der Waals surface area contributed by atoms with Gasteiger partial charge in [0.1, 0.15) is 5.58 Å². The van der Waals surface area contributed by atoms with Crippen LogP contribution in [0.3, 0.4) is 0 Å². The molecule has 1 heterocycles. The smallest absolute Gasteiger partial charge is 0.307 e. The Hall–Kier alpha value is -2.91. The van der Waals surface area contributed by atoms with Crippen molar-refractivity contribution >= 4 is 39.0 Å². The van der Waals surface area contributed by atoms with Gasteiger partial charge in [-0.2, -0.15) is 10.4 Å². The minimum Gasteiger partial charge on any atom is -0.451 e. The molecular formula is C17H10BrN3O2. The molecule has 0 spiro atoms. The van der Waals surface area contributed by atoms with E-state index in [1.165, 1.54) is 6.21 Å². The SMILES string of the molecule is N#Cc1ccc(/C=N/NC(=O)c2cc3cc(Br)ccc3o2)cc1. The van der Waals surface area contributed by atoms with E-state index in [-0.39, 0.29) is 5.76 Å². The molecule has 2 aromatic carbocycles. The normalized spacial score (nSPS) is 10.8. The molecule has 1 amide bonds. The second-order valence-corrected chi connectivity index (χ2v) is 5.64. The highest BCUT2D eigenvalue weighted by Gasteiger charge is 2.11. The number of benzene rings is 2. The Labute approximate surface area is 140 Å². The summed E-state index contributed by atoms with van der Waals surface area (Å²) in [5, 5.41) is 13.4. The number of hydrazone groups is 1. The first-order valence-corrected chi connectivity index (χ1v) is 7.48. The van der Waals surface area contributed by atoms with E-state index in [1.54, 1.807) is 36.4 Å². The molecule has 0 fully saturated rings. The number of nitriles is 1. The van der Waals surface area contributed by atoms with Gasteiger partial charge in [0.15, 0.2) is 5.76 Å². The average molecular weight is 368 g/mol. The molecule has 6 heteroatoms. The van der Waals surface area contributed by atoms with Gasteiger partial charge in [0.2, 0.25) is 0 Å². The Bertz CT molecular complexity index is 937. The van der Waals surface area contributed by atoms with Crippen molar-refractivity contribution in [2.75, 3.05) is 0 Å². The van der Waals surface area contributed by atoms with Gasteiger partial charge >= 0.3 is 5.91 Å². The lowest BCUT2D eigenvalue weighted by Gasteiger charge is -1.95. The van der Waals surface area contributed by atoms with Crippen molar-refractivity contribution in [3.63, 3.8) is 0 Å². The maximum absolute atomic E-state index is 12.0. The largest absolute Gasteiger partial charge is 0.451 e. The van der Waals surface area contributed by atoms with Crippen LogP contribution in [0.1, 0.15) is 21.7 Å². The predicted octanol–water partition coefficient (Wildman–Crippen LogP) is 3.83. The van der Waals surface area contributed by atoms with Crippen LogP contribution >= 0.6 is 15.9 Å². The van der Waals surface area contributed by atoms with Crippen LogP contribution in [0.15, 0.2) is 62.5 Å². The molecule has 112 valence electrons. The molecular weight excluding hydrogens is 358 g/mol. The lowest BCUT2D eigenvalue weighted by atomic mass is 10.2. The molecule has 1 N–H and O–H groups in total. The molecule has 1 aromatic heterocycles. The van der Waals surface area contributed by atoms with Gasteiger partial charge in [0.05, 0.1) is 17.8 Å². The third-order valence-corrected chi connectivity index (χ3v) is 3.61. The van der Waals surface area contributed by atoms with Gasteiger partial charge in [0.25, 0.3) is 0 Å². The standard InChI is InChI=1S/C17H10BrN3O2/c18-14-5-6-15-13(7-14)8-16(23-15)17(22)21-20-10-12-3-1-11(9-19)2-4-12/h1-8,10H,(H,21,22)/b20-10+. The number of fused-ring (bicyclic) bond motifs is 1. The minimum absolute atomic E-state index is 0.190. The predicted molar refractivity (Wildman–Crippen MR) is 90.1 cm³/mol. The van der Waals surface area contributed by atoms with Crippen LogP contribution in [0, 0.1) is 11.3 Å². The summed E-state index contributed by atoms with van der Waals surface area (Å²) in [7, 11) is 0. The fraction of sp³-hybridized carbons (Fsp3) is 0. The van der Waals surface area contributed by atoms with Crippen LogP contribution in [-0.4, -0.2) is 12.1 Å². The van der Waals surface area contributed by atoms with Crippen LogP contribution < -0.4 is 5.43 Å². The fourth-order valence-electron chi connectivity index (χ4n) is 1.99. The Kier molecular flexibility index (Phi) is 4.22. The third kappa shape index (κ3) is 3.47. The third-order valence-electron chi connectivity index (χ3n) is 3.12. The fourth-order valence-corrected chi connectivity index (χ4v) is 2.37. The molecule has 5 nitrogen and oxygen atoms in total. The summed E-state index contributed by atoms with van der Waals surface area (Å²) in [6, 6.07) is 16.0. The van der Waals surface area contributed by atoms with Crippen molar-refractivity contribution in [2.45, 2.75) is 0 Å². The maximum atomic E-state index is 12.0. The Morgan fingerprint density at radius 1 is 1.22 bits per heavy atom. The van der Waals surface area contributed by atoms with Gasteiger partial charge < -0.3 is 4.42 Å². The number of hydrogen-bond acceptors (Lipinski definition) is 4. The summed E-state index contributed by atoms with van der Waals surface area (Å²) in [5.41, 5.74) is 4.39. The van der Waals surface area contributed by atoms with Crippen molar-refractivity contribution in [1.29, 1.82) is 5.26 Å². The van der Waals surface area contributed by atoms with Crippen LogP contribution in [-0.2, 0) is 0 Å². The Morgan fingerprint density at radius 2 is 2.00 bits per heavy atom. The van der Waals surface area contributed by atoms with E-state index in [0.29, 0.717) is 11.1 Å². The molecule has 23 heavy (non-hydrogen) atoms. The number of amides is 1. The molecule has 0 saturated carbocycles. The molecule has 0 unspecified atom stereocenters. The molecule has 0 atom stereocenters. The van der Waals surface area contributed by atoms with Gasteiger partial charge in [0, 0.05) is 9.86 Å². The highest BCUT2D eigenvalue weighted by atomic mass is 79.9. The quantitative estimate of drug-likeness (QED) is 0.564. The first-order valence-electron chi connectivity index (χ1n) is 6.68. The minimum atomic E-state index is -0.429. The molecule has 0 bridgehead atoms. The number of hydrogen-bond donors (Lipinski definition) is 1. The van der Waals surface area contributed by atoms with Gasteiger partial charge in [-0.3, -0.25) is 4.79 Å². The van der Waals surface area contributed by atoms with Gasteiger partial charge in [-0.1, -0.05) is 28.1 Å². The molecule has 3 rings (SSSR count). The highest BCUT2D eigenvalue weighted by Crippen LogP contribution is 2.23. The van der Waals surface area contributed by atoms with Crippen molar-refractivity contribution < 1.29 is 9.21 Å². The molecule has 0 aliphatic heterocycles. The number of rotatable bonds is 3. The Balaban J connectivity index is 1.70. The monoisotopic (exact) mass is 367 g/mol. The average Bonchev–Trinajstić information content (AvgIpc) is 2.98. The second kappa shape index (κ2) is 6.46. The first-order chi connectivity index (χ1) is 11.2. The van der Waals surface area contributed by atoms with Crippen LogP contribution in [0.5, 0.6) is 0 Å². The molecule has 0 aliphatic rings. The lowest BCUT2D eigenvalue weighted by Crippen LogP contribution is -2.16.